The molecule has 12 atom stereocenters. The first-order valence-electron chi connectivity index (χ1n) is 16.6. The summed E-state index contributed by atoms with van der Waals surface area (Å²) in [6.07, 6.45) is -0.761. The Morgan fingerprint density at radius 1 is 0.761 bits per heavy atom. The third kappa shape index (κ3) is 12.8. The van der Waals surface area contributed by atoms with E-state index in [0.29, 0.717) is 12.8 Å². The molecule has 2 rings (SSSR count). The average molecular weight is 664 g/mol. The van der Waals surface area contributed by atoms with E-state index in [9.17, 15) is 45.6 Å². The lowest BCUT2D eigenvalue weighted by molar-refractivity contribution is -0.359. The van der Waals surface area contributed by atoms with Crippen LogP contribution in [-0.2, 0) is 23.7 Å². The van der Waals surface area contributed by atoms with Crippen LogP contribution >= 0.6 is 0 Å². The Morgan fingerprint density at radius 3 is 2.07 bits per heavy atom. The molecule has 12 unspecified atom stereocenters. The van der Waals surface area contributed by atoms with Crippen molar-refractivity contribution in [3.63, 3.8) is 0 Å². The van der Waals surface area contributed by atoms with Crippen LogP contribution in [0.2, 0.25) is 0 Å². The molecule has 0 aromatic heterocycles. The van der Waals surface area contributed by atoms with Crippen molar-refractivity contribution >= 4 is 5.91 Å². The van der Waals surface area contributed by atoms with Gasteiger partial charge in [-0.2, -0.15) is 0 Å². The van der Waals surface area contributed by atoms with Crippen LogP contribution in [0.1, 0.15) is 78.1 Å². The first-order chi connectivity index (χ1) is 22.1. The lowest BCUT2D eigenvalue weighted by atomic mass is 9.97. The molecule has 268 valence electrons. The van der Waals surface area contributed by atoms with Crippen molar-refractivity contribution in [2.75, 3.05) is 19.8 Å². The van der Waals surface area contributed by atoms with Gasteiger partial charge in [0.1, 0.15) is 48.8 Å². The number of amides is 1. The van der Waals surface area contributed by atoms with Crippen LogP contribution in [0.5, 0.6) is 0 Å². The molecule has 0 spiro atoms. The Morgan fingerprint density at radius 2 is 1.39 bits per heavy atom. The van der Waals surface area contributed by atoms with Gasteiger partial charge >= 0.3 is 0 Å². The van der Waals surface area contributed by atoms with E-state index in [1.165, 1.54) is 0 Å². The highest BCUT2D eigenvalue weighted by atomic mass is 16.7. The smallest absolute Gasteiger partial charge is 0.220 e. The van der Waals surface area contributed by atoms with Gasteiger partial charge in [0.25, 0.3) is 0 Å². The summed E-state index contributed by atoms with van der Waals surface area (Å²) >= 11 is 0. The third-order valence-corrected chi connectivity index (χ3v) is 8.14. The zero-order chi connectivity index (χ0) is 34.1. The fraction of sp³-hybridized carbons (Fsp3) is 0.844. The molecule has 2 heterocycles. The molecule has 2 aliphatic heterocycles. The van der Waals surface area contributed by atoms with E-state index < -0.39 is 86.8 Å². The molecule has 9 N–H and O–H groups in total. The van der Waals surface area contributed by atoms with Gasteiger partial charge in [-0.25, -0.2) is 0 Å². The number of ether oxygens (including phenoxy) is 4. The SMILES string of the molecule is CCCC/C=C/CC/C=C/C(O)C(COC1OC(CO)C(OC2OC(CO)C(O)C(O)C2O)C(O)C1O)NC(=O)CCCCCC. The van der Waals surface area contributed by atoms with E-state index >= 15 is 0 Å². The van der Waals surface area contributed by atoms with Crippen LogP contribution in [0, 0.1) is 0 Å². The Hall–Kier alpha value is -1.53. The number of carbonyl (C=O) groups is 1. The molecule has 0 aromatic rings. The molecule has 1 amide bonds. The maximum absolute atomic E-state index is 12.7. The van der Waals surface area contributed by atoms with Gasteiger partial charge in [0.05, 0.1) is 32.0 Å². The highest BCUT2D eigenvalue weighted by molar-refractivity contribution is 5.76. The summed E-state index contributed by atoms with van der Waals surface area (Å²) in [5.41, 5.74) is 0. The number of rotatable bonds is 21. The average Bonchev–Trinajstić information content (AvgIpc) is 3.05. The molecule has 0 aliphatic carbocycles. The highest BCUT2D eigenvalue weighted by Crippen LogP contribution is 2.29. The van der Waals surface area contributed by atoms with Crippen molar-refractivity contribution in [1.29, 1.82) is 0 Å². The standard InChI is InChI=1S/C32H57NO13/c1-3-5-7-9-10-11-12-13-15-21(36)20(33-24(37)16-14-8-6-4-2)19-43-31-29(42)27(40)30(23(18-35)45-31)46-32-28(41)26(39)25(38)22(17-34)44-32/h9-10,13,15,20-23,25-32,34-36,38-42H,3-8,11-12,14,16-19H2,1-2H3,(H,33,37)/b10-9+,15-13+. The quantitative estimate of drug-likeness (QED) is 0.0560. The Labute approximate surface area is 271 Å². The minimum absolute atomic E-state index is 0.264. The van der Waals surface area contributed by atoms with Gasteiger partial charge in [0, 0.05) is 6.42 Å². The van der Waals surface area contributed by atoms with Gasteiger partial charge in [-0.05, 0) is 25.7 Å². The predicted molar refractivity (Wildman–Crippen MR) is 166 cm³/mol. The zero-order valence-electron chi connectivity index (χ0n) is 27.0. The summed E-state index contributed by atoms with van der Waals surface area (Å²) in [5.74, 6) is -0.276. The number of aliphatic hydroxyl groups is 8. The number of allylic oxidation sites excluding steroid dienone is 3. The monoisotopic (exact) mass is 663 g/mol. The van der Waals surface area contributed by atoms with E-state index in [1.54, 1.807) is 6.08 Å². The maximum atomic E-state index is 12.7. The van der Waals surface area contributed by atoms with Crippen LogP contribution in [0.25, 0.3) is 0 Å². The van der Waals surface area contributed by atoms with E-state index in [0.717, 1.165) is 44.9 Å². The number of hydrogen-bond acceptors (Lipinski definition) is 13. The summed E-state index contributed by atoms with van der Waals surface area (Å²) in [5, 5.41) is 85.2. The van der Waals surface area contributed by atoms with Gasteiger partial charge in [0.15, 0.2) is 12.6 Å². The second kappa shape index (κ2) is 22.2. The first-order valence-corrected chi connectivity index (χ1v) is 16.6. The molecule has 14 heteroatoms. The summed E-state index contributed by atoms with van der Waals surface area (Å²) in [6.45, 7) is 2.47. The van der Waals surface area contributed by atoms with Gasteiger partial charge < -0.3 is 65.1 Å². The summed E-state index contributed by atoms with van der Waals surface area (Å²) in [6, 6.07) is -0.918. The Bertz CT molecular complexity index is 888. The fourth-order valence-corrected chi connectivity index (χ4v) is 5.23. The molecule has 0 aromatic carbocycles. The number of nitrogens with one attached hydrogen (secondary N) is 1. The zero-order valence-corrected chi connectivity index (χ0v) is 27.0. The number of aliphatic hydroxyl groups excluding tert-OH is 8. The largest absolute Gasteiger partial charge is 0.394 e. The lowest BCUT2D eigenvalue weighted by Gasteiger charge is -2.46. The van der Waals surface area contributed by atoms with Crippen molar-refractivity contribution in [3.8, 4) is 0 Å². The molecule has 46 heavy (non-hydrogen) atoms. The molecule has 2 fully saturated rings. The van der Waals surface area contributed by atoms with Crippen molar-refractivity contribution in [1.82, 2.24) is 5.32 Å². The molecular formula is C32H57NO13. The highest BCUT2D eigenvalue weighted by Gasteiger charge is 2.50. The molecule has 2 saturated heterocycles. The molecule has 0 bridgehead atoms. The third-order valence-electron chi connectivity index (χ3n) is 8.14. The number of unbranched alkanes of at least 4 members (excludes halogenated alkanes) is 6. The normalized spacial score (nSPS) is 33.4. The second-order valence-corrected chi connectivity index (χ2v) is 11.9. The van der Waals surface area contributed by atoms with Crippen LogP contribution in [0.4, 0.5) is 0 Å². The summed E-state index contributed by atoms with van der Waals surface area (Å²) in [4.78, 5) is 12.7. The second-order valence-electron chi connectivity index (χ2n) is 11.9. The van der Waals surface area contributed by atoms with Crippen LogP contribution in [-0.4, -0.2) is 140 Å². The van der Waals surface area contributed by atoms with Crippen LogP contribution < -0.4 is 5.32 Å². The molecule has 2 aliphatic rings. The van der Waals surface area contributed by atoms with Crippen molar-refractivity contribution < 1.29 is 64.6 Å². The number of hydrogen-bond donors (Lipinski definition) is 9. The van der Waals surface area contributed by atoms with Crippen molar-refractivity contribution in [2.45, 2.75) is 152 Å². The Kier molecular flexibility index (Phi) is 19.6. The van der Waals surface area contributed by atoms with E-state index in [2.05, 4.69) is 31.3 Å². The molecule has 14 nitrogen and oxygen atoms in total. The maximum Gasteiger partial charge on any atom is 0.220 e. The number of carbonyl (C=O) groups excluding carboxylic acids is 1. The van der Waals surface area contributed by atoms with Gasteiger partial charge in [0.2, 0.25) is 5.91 Å². The van der Waals surface area contributed by atoms with E-state index in [-0.39, 0.29) is 18.9 Å². The van der Waals surface area contributed by atoms with Crippen LogP contribution in [0.3, 0.4) is 0 Å². The Balaban J connectivity index is 2.04. The summed E-state index contributed by atoms with van der Waals surface area (Å²) < 4.78 is 22.3. The molecular weight excluding hydrogens is 606 g/mol. The topological polar surface area (TPSA) is 228 Å². The van der Waals surface area contributed by atoms with E-state index in [1.807, 2.05) is 6.08 Å². The molecule has 0 radical (unpaired) electrons. The minimum Gasteiger partial charge on any atom is -0.394 e. The van der Waals surface area contributed by atoms with Gasteiger partial charge in [-0.1, -0.05) is 70.3 Å². The minimum atomic E-state index is -1.78. The van der Waals surface area contributed by atoms with Crippen LogP contribution in [0.15, 0.2) is 24.3 Å². The fourth-order valence-electron chi connectivity index (χ4n) is 5.23. The summed E-state index contributed by atoms with van der Waals surface area (Å²) in [7, 11) is 0. The lowest BCUT2D eigenvalue weighted by Crippen LogP contribution is -2.65. The van der Waals surface area contributed by atoms with Gasteiger partial charge in [-0.3, -0.25) is 4.79 Å². The van der Waals surface area contributed by atoms with Crippen molar-refractivity contribution in [2.24, 2.45) is 0 Å². The van der Waals surface area contributed by atoms with Crippen molar-refractivity contribution in [3.05, 3.63) is 24.3 Å². The van der Waals surface area contributed by atoms with Gasteiger partial charge in [-0.15, -0.1) is 0 Å². The molecule has 0 saturated carbocycles. The predicted octanol–water partition coefficient (Wildman–Crippen LogP) is -0.474. The van der Waals surface area contributed by atoms with E-state index in [4.69, 9.17) is 18.9 Å². The first kappa shape index (κ1) is 40.6.